The van der Waals surface area contributed by atoms with E-state index in [4.69, 9.17) is 24.9 Å². The highest BCUT2D eigenvalue weighted by atomic mass is 35.7. The molecule has 1 amide bonds. The molecular weight excluding hydrogens is 394 g/mol. The molecule has 9 heteroatoms. The summed E-state index contributed by atoms with van der Waals surface area (Å²) >= 11 is 0. The summed E-state index contributed by atoms with van der Waals surface area (Å²) in [5.74, 6) is 0.989. The lowest BCUT2D eigenvalue weighted by Crippen LogP contribution is -2.26. The Bertz CT molecular complexity index is 912. The first-order valence-corrected chi connectivity index (χ1v) is 10.2. The van der Waals surface area contributed by atoms with E-state index in [1.807, 2.05) is 0 Å². The van der Waals surface area contributed by atoms with Gasteiger partial charge >= 0.3 is 0 Å². The van der Waals surface area contributed by atoms with Gasteiger partial charge in [0.2, 0.25) is 0 Å². The molecule has 0 heterocycles. The SMILES string of the molecule is COc1ccc(C(=O)NCCc2cc(OC)c(OC)cc2S(=O)(=O)Cl)cc1. The largest absolute Gasteiger partial charge is 0.497 e. The number of methoxy groups -OCH3 is 3. The number of carbonyl (C=O) groups excluding carboxylic acids is 1. The maximum Gasteiger partial charge on any atom is 0.261 e. The van der Waals surface area contributed by atoms with Crippen molar-refractivity contribution >= 4 is 25.6 Å². The van der Waals surface area contributed by atoms with E-state index in [2.05, 4.69) is 5.32 Å². The van der Waals surface area contributed by atoms with Gasteiger partial charge in [0.25, 0.3) is 15.0 Å². The minimum atomic E-state index is -3.99. The van der Waals surface area contributed by atoms with Crippen molar-refractivity contribution in [2.75, 3.05) is 27.9 Å². The predicted octanol–water partition coefficient (Wildman–Crippen LogP) is 2.61. The van der Waals surface area contributed by atoms with Crippen LogP contribution in [0.25, 0.3) is 0 Å². The van der Waals surface area contributed by atoms with Gasteiger partial charge in [-0.2, -0.15) is 0 Å². The van der Waals surface area contributed by atoms with Crippen molar-refractivity contribution in [2.45, 2.75) is 11.3 Å². The van der Waals surface area contributed by atoms with Gasteiger partial charge in [-0.3, -0.25) is 4.79 Å². The molecule has 146 valence electrons. The van der Waals surface area contributed by atoms with Crippen molar-refractivity contribution in [1.82, 2.24) is 5.32 Å². The molecule has 0 fully saturated rings. The van der Waals surface area contributed by atoms with Crippen molar-refractivity contribution < 1.29 is 27.4 Å². The van der Waals surface area contributed by atoms with Crippen LogP contribution in [0.1, 0.15) is 15.9 Å². The van der Waals surface area contributed by atoms with Crippen LogP contribution in [-0.4, -0.2) is 42.2 Å². The minimum Gasteiger partial charge on any atom is -0.497 e. The van der Waals surface area contributed by atoms with E-state index in [0.717, 1.165) is 0 Å². The normalized spacial score (nSPS) is 11.0. The summed E-state index contributed by atoms with van der Waals surface area (Å²) in [6, 6.07) is 9.48. The van der Waals surface area contributed by atoms with Gasteiger partial charge in [-0.25, -0.2) is 8.42 Å². The molecule has 2 aromatic rings. The lowest BCUT2D eigenvalue weighted by molar-refractivity contribution is 0.0954. The third-order valence-electron chi connectivity index (χ3n) is 3.86. The van der Waals surface area contributed by atoms with E-state index in [0.29, 0.717) is 22.6 Å². The van der Waals surface area contributed by atoms with E-state index < -0.39 is 9.05 Å². The van der Waals surface area contributed by atoms with Crippen molar-refractivity contribution in [3.8, 4) is 17.2 Å². The van der Waals surface area contributed by atoms with Crippen LogP contribution >= 0.6 is 10.7 Å². The lowest BCUT2D eigenvalue weighted by Gasteiger charge is -2.13. The van der Waals surface area contributed by atoms with Gasteiger partial charge in [0.1, 0.15) is 5.75 Å². The Labute approximate surface area is 162 Å². The van der Waals surface area contributed by atoms with Crippen LogP contribution in [0.5, 0.6) is 17.2 Å². The number of hydrogen-bond acceptors (Lipinski definition) is 6. The van der Waals surface area contributed by atoms with Crippen molar-refractivity contribution in [3.63, 3.8) is 0 Å². The number of hydrogen-bond donors (Lipinski definition) is 1. The van der Waals surface area contributed by atoms with E-state index in [1.54, 1.807) is 31.4 Å². The molecule has 0 saturated heterocycles. The fraction of sp³-hybridized carbons (Fsp3) is 0.278. The van der Waals surface area contributed by atoms with E-state index in [1.165, 1.54) is 26.4 Å². The molecule has 0 aliphatic heterocycles. The van der Waals surface area contributed by atoms with Crippen LogP contribution in [0.4, 0.5) is 0 Å². The van der Waals surface area contributed by atoms with Crippen molar-refractivity contribution in [3.05, 3.63) is 47.5 Å². The first kappa shape index (κ1) is 20.9. The minimum absolute atomic E-state index is 0.0829. The number of halogens is 1. The number of nitrogens with one attached hydrogen (secondary N) is 1. The third kappa shape index (κ3) is 5.27. The van der Waals surface area contributed by atoms with Crippen LogP contribution in [0.3, 0.4) is 0 Å². The van der Waals surface area contributed by atoms with Crippen molar-refractivity contribution in [2.24, 2.45) is 0 Å². The second kappa shape index (κ2) is 8.96. The maximum atomic E-state index is 12.2. The molecule has 2 rings (SSSR count). The number of amides is 1. The fourth-order valence-electron chi connectivity index (χ4n) is 2.48. The van der Waals surface area contributed by atoms with Gasteiger partial charge in [0, 0.05) is 28.9 Å². The summed E-state index contributed by atoms with van der Waals surface area (Å²) in [5, 5.41) is 2.74. The van der Waals surface area contributed by atoms with E-state index in [9.17, 15) is 13.2 Å². The Kier molecular flexibility index (Phi) is 6.92. The molecular formula is C18H20ClNO6S. The second-order valence-corrected chi connectivity index (χ2v) is 8.02. The van der Waals surface area contributed by atoms with Gasteiger partial charge < -0.3 is 19.5 Å². The molecule has 0 saturated carbocycles. The van der Waals surface area contributed by atoms with Gasteiger partial charge in [-0.1, -0.05) is 0 Å². The van der Waals surface area contributed by atoms with Crippen LogP contribution in [0, 0.1) is 0 Å². The Balaban J connectivity index is 2.15. The van der Waals surface area contributed by atoms with E-state index in [-0.39, 0.29) is 29.5 Å². The molecule has 27 heavy (non-hydrogen) atoms. The van der Waals surface area contributed by atoms with Crippen LogP contribution in [0.2, 0.25) is 0 Å². The second-order valence-electron chi connectivity index (χ2n) is 5.49. The first-order chi connectivity index (χ1) is 12.8. The zero-order valence-corrected chi connectivity index (χ0v) is 16.7. The standard InChI is InChI=1S/C18H20ClNO6S/c1-24-14-6-4-12(5-7-14)18(21)20-9-8-13-10-15(25-2)16(26-3)11-17(13)27(19,22)23/h4-7,10-11H,8-9H2,1-3H3,(H,20,21). The average molecular weight is 414 g/mol. The quantitative estimate of drug-likeness (QED) is 0.669. The zero-order chi connectivity index (χ0) is 20.0. The highest BCUT2D eigenvalue weighted by molar-refractivity contribution is 8.13. The van der Waals surface area contributed by atoms with Crippen molar-refractivity contribution in [1.29, 1.82) is 0 Å². The van der Waals surface area contributed by atoms with Crippen LogP contribution < -0.4 is 19.5 Å². The van der Waals surface area contributed by atoms with Crippen LogP contribution in [-0.2, 0) is 15.5 Å². The van der Waals surface area contributed by atoms with E-state index >= 15 is 0 Å². The summed E-state index contributed by atoms with van der Waals surface area (Å²) in [4.78, 5) is 12.1. The Hall–Kier alpha value is -2.45. The molecule has 0 aliphatic rings. The number of carbonyl (C=O) groups is 1. The molecule has 0 spiro atoms. The van der Waals surface area contributed by atoms with Gasteiger partial charge in [-0.05, 0) is 42.3 Å². The summed E-state index contributed by atoms with van der Waals surface area (Å²) in [6.45, 7) is 0.208. The Morgan fingerprint density at radius 3 is 2.11 bits per heavy atom. The molecule has 2 aromatic carbocycles. The Morgan fingerprint density at radius 1 is 1.00 bits per heavy atom. The molecule has 0 aromatic heterocycles. The Morgan fingerprint density at radius 2 is 1.59 bits per heavy atom. The van der Waals surface area contributed by atoms with Gasteiger partial charge in [-0.15, -0.1) is 0 Å². The highest BCUT2D eigenvalue weighted by Crippen LogP contribution is 2.34. The molecule has 7 nitrogen and oxygen atoms in total. The van der Waals surface area contributed by atoms with Gasteiger partial charge in [0.15, 0.2) is 11.5 Å². The number of rotatable bonds is 8. The monoisotopic (exact) mass is 413 g/mol. The predicted molar refractivity (Wildman–Crippen MR) is 102 cm³/mol. The molecule has 0 atom stereocenters. The highest BCUT2D eigenvalue weighted by Gasteiger charge is 2.20. The summed E-state index contributed by atoms with van der Waals surface area (Å²) in [5.41, 5.74) is 0.881. The smallest absolute Gasteiger partial charge is 0.261 e. The maximum absolute atomic E-state index is 12.2. The van der Waals surface area contributed by atoms with Crippen LogP contribution in [0.15, 0.2) is 41.3 Å². The lowest BCUT2D eigenvalue weighted by atomic mass is 10.1. The topological polar surface area (TPSA) is 90.9 Å². The summed E-state index contributed by atoms with van der Waals surface area (Å²) < 4.78 is 39.1. The first-order valence-electron chi connectivity index (χ1n) is 7.92. The average Bonchev–Trinajstić information content (AvgIpc) is 2.66. The number of benzene rings is 2. The molecule has 1 N–H and O–H groups in total. The summed E-state index contributed by atoms with van der Waals surface area (Å²) in [6.07, 6.45) is 0.240. The molecule has 0 aliphatic carbocycles. The molecule has 0 radical (unpaired) electrons. The third-order valence-corrected chi connectivity index (χ3v) is 5.27. The molecule has 0 bridgehead atoms. The molecule has 0 unspecified atom stereocenters. The zero-order valence-electron chi connectivity index (χ0n) is 15.1. The van der Waals surface area contributed by atoms with Gasteiger partial charge in [0.05, 0.1) is 26.2 Å². The fourth-order valence-corrected chi connectivity index (χ4v) is 3.63. The summed E-state index contributed by atoms with van der Waals surface area (Å²) in [7, 11) is 5.93. The number of ether oxygens (including phenoxy) is 3.